The molecule has 3 unspecified atom stereocenters. The molecule has 2 bridgehead atoms. The number of sulfonamides is 1. The maximum absolute atomic E-state index is 12.8. The van der Waals surface area contributed by atoms with E-state index in [1.807, 2.05) is 0 Å². The molecule has 1 saturated heterocycles. The van der Waals surface area contributed by atoms with E-state index in [0.717, 1.165) is 24.7 Å². The average molecular weight is 391 g/mol. The smallest absolute Gasteiger partial charge is 0.243 e. The predicted octanol–water partition coefficient (Wildman–Crippen LogP) is 3.87. The highest BCUT2D eigenvalue weighted by Gasteiger charge is 2.40. The molecule has 0 radical (unpaired) electrons. The van der Waals surface area contributed by atoms with Crippen molar-refractivity contribution >= 4 is 21.6 Å². The van der Waals surface area contributed by atoms with Crippen LogP contribution in [0.15, 0.2) is 29.2 Å². The number of anilines is 1. The van der Waals surface area contributed by atoms with E-state index in [2.05, 4.69) is 12.2 Å². The van der Waals surface area contributed by atoms with Crippen LogP contribution in [0.2, 0.25) is 0 Å². The number of hydrogen-bond donors (Lipinski definition) is 1. The molecule has 5 nitrogen and oxygen atoms in total. The first kappa shape index (κ1) is 18.9. The Labute approximate surface area is 162 Å². The number of benzene rings is 1. The predicted molar refractivity (Wildman–Crippen MR) is 106 cm³/mol. The molecule has 27 heavy (non-hydrogen) atoms. The van der Waals surface area contributed by atoms with Gasteiger partial charge >= 0.3 is 0 Å². The molecule has 1 N–H and O–H groups in total. The molecule has 1 aromatic carbocycles. The molecule has 148 valence electrons. The van der Waals surface area contributed by atoms with Crippen LogP contribution in [0.25, 0.3) is 0 Å². The quantitative estimate of drug-likeness (QED) is 0.830. The Morgan fingerprint density at radius 1 is 1.07 bits per heavy atom. The van der Waals surface area contributed by atoms with E-state index in [9.17, 15) is 13.2 Å². The molecule has 3 atom stereocenters. The van der Waals surface area contributed by atoms with Gasteiger partial charge in [0.15, 0.2) is 0 Å². The highest BCUT2D eigenvalue weighted by molar-refractivity contribution is 7.89. The molecular weight excluding hydrogens is 360 g/mol. The van der Waals surface area contributed by atoms with Crippen LogP contribution in [0.3, 0.4) is 0 Å². The van der Waals surface area contributed by atoms with Crippen LogP contribution in [0.1, 0.15) is 51.9 Å². The summed E-state index contributed by atoms with van der Waals surface area (Å²) in [4.78, 5) is 12.7. The van der Waals surface area contributed by atoms with E-state index >= 15 is 0 Å². The molecule has 3 aliphatic rings. The van der Waals surface area contributed by atoms with E-state index in [4.69, 9.17) is 0 Å². The molecule has 1 amide bonds. The largest absolute Gasteiger partial charge is 0.326 e. The number of fused-ring (bicyclic) bond motifs is 2. The maximum Gasteiger partial charge on any atom is 0.243 e. The van der Waals surface area contributed by atoms with Gasteiger partial charge in [0, 0.05) is 25.2 Å². The van der Waals surface area contributed by atoms with Gasteiger partial charge in [-0.3, -0.25) is 4.79 Å². The lowest BCUT2D eigenvalue weighted by Gasteiger charge is -2.29. The van der Waals surface area contributed by atoms with Gasteiger partial charge in [-0.25, -0.2) is 8.42 Å². The summed E-state index contributed by atoms with van der Waals surface area (Å²) in [6, 6.07) is 6.64. The van der Waals surface area contributed by atoms with Gasteiger partial charge in [0.2, 0.25) is 15.9 Å². The van der Waals surface area contributed by atoms with Crippen molar-refractivity contribution in [3.8, 4) is 0 Å². The average Bonchev–Trinajstić information content (AvgIpc) is 3.25. The van der Waals surface area contributed by atoms with Crippen molar-refractivity contribution in [2.75, 3.05) is 18.4 Å². The Hall–Kier alpha value is -1.40. The van der Waals surface area contributed by atoms with E-state index in [1.165, 1.54) is 25.7 Å². The molecule has 3 fully saturated rings. The van der Waals surface area contributed by atoms with Crippen molar-refractivity contribution in [2.24, 2.45) is 23.7 Å². The van der Waals surface area contributed by atoms with Crippen LogP contribution >= 0.6 is 0 Å². The summed E-state index contributed by atoms with van der Waals surface area (Å²) in [7, 11) is -3.43. The Morgan fingerprint density at radius 2 is 1.78 bits per heavy atom. The zero-order valence-corrected chi connectivity index (χ0v) is 16.9. The summed E-state index contributed by atoms with van der Waals surface area (Å²) in [5, 5.41) is 2.94. The van der Waals surface area contributed by atoms with Gasteiger partial charge in [-0.05, 0) is 80.0 Å². The first-order valence-corrected chi connectivity index (χ1v) is 11.8. The van der Waals surface area contributed by atoms with E-state index in [-0.39, 0.29) is 5.91 Å². The monoisotopic (exact) mass is 390 g/mol. The van der Waals surface area contributed by atoms with Gasteiger partial charge in [0.25, 0.3) is 0 Å². The van der Waals surface area contributed by atoms with Crippen LogP contribution in [-0.4, -0.2) is 31.7 Å². The lowest BCUT2D eigenvalue weighted by molar-refractivity contribution is -0.117. The molecule has 6 heteroatoms. The van der Waals surface area contributed by atoms with Crippen molar-refractivity contribution in [1.82, 2.24) is 4.31 Å². The number of hydrogen-bond acceptors (Lipinski definition) is 3. The number of amides is 1. The summed E-state index contributed by atoms with van der Waals surface area (Å²) in [5.41, 5.74) is 0.675. The Morgan fingerprint density at radius 3 is 2.37 bits per heavy atom. The Kier molecular flexibility index (Phi) is 5.30. The molecule has 2 saturated carbocycles. The van der Waals surface area contributed by atoms with Gasteiger partial charge in [-0.1, -0.05) is 13.3 Å². The minimum Gasteiger partial charge on any atom is -0.326 e. The number of rotatable bonds is 5. The maximum atomic E-state index is 12.8. The van der Waals surface area contributed by atoms with Gasteiger partial charge in [0.05, 0.1) is 4.90 Å². The van der Waals surface area contributed by atoms with Gasteiger partial charge < -0.3 is 5.32 Å². The molecule has 0 aromatic heterocycles. The van der Waals surface area contributed by atoms with Gasteiger partial charge in [-0.2, -0.15) is 4.31 Å². The normalized spacial score (nSPS) is 29.1. The fourth-order valence-electron chi connectivity index (χ4n) is 5.16. The first-order chi connectivity index (χ1) is 12.9. The zero-order chi connectivity index (χ0) is 19.0. The highest BCUT2D eigenvalue weighted by Crippen LogP contribution is 2.49. The molecule has 2 aliphatic carbocycles. The second-order valence-corrected chi connectivity index (χ2v) is 10.7. The van der Waals surface area contributed by atoms with Crippen molar-refractivity contribution in [1.29, 1.82) is 0 Å². The van der Waals surface area contributed by atoms with Crippen molar-refractivity contribution in [3.05, 3.63) is 24.3 Å². The second-order valence-electron chi connectivity index (χ2n) is 8.80. The van der Waals surface area contributed by atoms with Crippen LogP contribution in [0, 0.1) is 23.7 Å². The number of nitrogens with zero attached hydrogens (tertiary/aromatic N) is 1. The standard InChI is InChI=1S/C21H30N2O3S/c1-15-8-10-23(11-9-15)27(25,26)20-6-4-19(5-7-20)22-21(24)14-18-13-16-2-3-17(18)12-16/h4-7,15-18H,2-3,8-14H2,1H3,(H,22,24). The summed E-state index contributed by atoms with van der Waals surface area (Å²) in [5.74, 6) is 2.75. The van der Waals surface area contributed by atoms with Crippen LogP contribution in [-0.2, 0) is 14.8 Å². The number of carbonyl (C=O) groups is 1. The number of carbonyl (C=O) groups excluding carboxylic acids is 1. The number of nitrogens with one attached hydrogen (secondary N) is 1. The summed E-state index contributed by atoms with van der Waals surface area (Å²) < 4.78 is 27.1. The minimum atomic E-state index is -3.43. The highest BCUT2D eigenvalue weighted by atomic mass is 32.2. The van der Waals surface area contributed by atoms with E-state index in [0.29, 0.717) is 41.9 Å². The van der Waals surface area contributed by atoms with Crippen molar-refractivity contribution < 1.29 is 13.2 Å². The summed E-state index contributed by atoms with van der Waals surface area (Å²) in [6.07, 6.45) is 7.54. The molecule has 1 heterocycles. The van der Waals surface area contributed by atoms with Crippen LogP contribution in [0.4, 0.5) is 5.69 Å². The first-order valence-electron chi connectivity index (χ1n) is 10.3. The third kappa shape index (κ3) is 4.06. The molecule has 1 aliphatic heterocycles. The molecular formula is C21H30N2O3S. The summed E-state index contributed by atoms with van der Waals surface area (Å²) in [6.45, 7) is 3.34. The van der Waals surface area contributed by atoms with Crippen LogP contribution < -0.4 is 5.32 Å². The lowest BCUT2D eigenvalue weighted by Crippen LogP contribution is -2.37. The Balaban J connectivity index is 1.35. The summed E-state index contributed by atoms with van der Waals surface area (Å²) >= 11 is 0. The Bertz CT molecular complexity index is 782. The third-order valence-corrected chi connectivity index (χ3v) is 8.76. The number of piperidine rings is 1. The lowest BCUT2D eigenvalue weighted by atomic mass is 9.86. The SMILES string of the molecule is CC1CCN(S(=O)(=O)c2ccc(NC(=O)CC3CC4CCC3C4)cc2)CC1. The zero-order valence-electron chi connectivity index (χ0n) is 16.1. The van der Waals surface area contributed by atoms with Gasteiger partial charge in [0.1, 0.15) is 0 Å². The van der Waals surface area contributed by atoms with Crippen LogP contribution in [0.5, 0.6) is 0 Å². The fraction of sp³-hybridized carbons (Fsp3) is 0.667. The molecule has 1 aromatic rings. The van der Waals surface area contributed by atoms with E-state index in [1.54, 1.807) is 28.6 Å². The van der Waals surface area contributed by atoms with Gasteiger partial charge in [-0.15, -0.1) is 0 Å². The molecule has 0 spiro atoms. The molecule has 4 rings (SSSR count). The minimum absolute atomic E-state index is 0.0492. The van der Waals surface area contributed by atoms with E-state index < -0.39 is 10.0 Å². The fourth-order valence-corrected chi connectivity index (χ4v) is 6.63. The second kappa shape index (κ2) is 7.55. The third-order valence-electron chi connectivity index (χ3n) is 6.85. The van der Waals surface area contributed by atoms with Crippen molar-refractivity contribution in [3.63, 3.8) is 0 Å². The van der Waals surface area contributed by atoms with Crippen molar-refractivity contribution in [2.45, 2.75) is 56.8 Å². The topological polar surface area (TPSA) is 66.5 Å².